The molecular formula is C20H23ClN2O3S. The van der Waals surface area contributed by atoms with Gasteiger partial charge < -0.3 is 14.4 Å². The van der Waals surface area contributed by atoms with Gasteiger partial charge >= 0.3 is 0 Å². The molecule has 1 unspecified atom stereocenters. The quantitative estimate of drug-likeness (QED) is 0.656. The van der Waals surface area contributed by atoms with Crippen molar-refractivity contribution >= 4 is 34.9 Å². The molecule has 3 rings (SSSR count). The Kier molecular flexibility index (Phi) is 6.74. The highest BCUT2D eigenvalue weighted by atomic mass is 35.5. The molecule has 1 aliphatic heterocycles. The molecular weight excluding hydrogens is 384 g/mol. The summed E-state index contributed by atoms with van der Waals surface area (Å²) in [6, 6.07) is 3.59. The molecule has 27 heavy (non-hydrogen) atoms. The number of hydrogen-bond donors (Lipinski definition) is 0. The molecule has 1 saturated heterocycles. The lowest BCUT2D eigenvalue weighted by atomic mass is 9.98. The number of halogens is 1. The minimum absolute atomic E-state index is 0.00107. The Bertz CT molecular complexity index is 808. The largest absolute Gasteiger partial charge is 0.491 e. The fraction of sp³-hybridized carbons (Fsp3) is 0.400. The lowest BCUT2D eigenvalue weighted by molar-refractivity contribution is -0.127. The van der Waals surface area contributed by atoms with Crippen LogP contribution in [0.25, 0.3) is 6.08 Å². The van der Waals surface area contributed by atoms with Crippen molar-refractivity contribution in [2.75, 3.05) is 26.8 Å². The number of rotatable bonds is 6. The van der Waals surface area contributed by atoms with Crippen LogP contribution in [0.1, 0.15) is 36.3 Å². The van der Waals surface area contributed by atoms with Crippen LogP contribution < -0.4 is 9.47 Å². The van der Waals surface area contributed by atoms with E-state index in [0.717, 1.165) is 30.0 Å². The van der Waals surface area contributed by atoms with Crippen LogP contribution in [0.2, 0.25) is 5.02 Å². The lowest BCUT2D eigenvalue weighted by Crippen LogP contribution is -2.38. The second kappa shape index (κ2) is 9.24. The Hall–Kier alpha value is -2.05. The highest BCUT2D eigenvalue weighted by Crippen LogP contribution is 2.36. The molecule has 0 radical (unpaired) electrons. The first kappa shape index (κ1) is 19.7. The van der Waals surface area contributed by atoms with E-state index in [2.05, 4.69) is 4.98 Å². The van der Waals surface area contributed by atoms with Crippen LogP contribution in [0, 0.1) is 0 Å². The van der Waals surface area contributed by atoms with Gasteiger partial charge in [-0.25, -0.2) is 4.98 Å². The number of ether oxygens (including phenoxy) is 2. The summed E-state index contributed by atoms with van der Waals surface area (Å²) in [4.78, 5) is 18.9. The monoisotopic (exact) mass is 406 g/mol. The van der Waals surface area contributed by atoms with Crippen LogP contribution in [-0.2, 0) is 4.79 Å². The van der Waals surface area contributed by atoms with E-state index in [9.17, 15) is 4.79 Å². The number of thiazole rings is 1. The third kappa shape index (κ3) is 4.82. The van der Waals surface area contributed by atoms with Crippen molar-refractivity contribution < 1.29 is 14.3 Å². The van der Waals surface area contributed by atoms with Crippen LogP contribution in [-0.4, -0.2) is 42.6 Å². The average molecular weight is 407 g/mol. The molecule has 2 aromatic rings. The van der Waals surface area contributed by atoms with Gasteiger partial charge in [0.1, 0.15) is 0 Å². The second-order valence-electron chi connectivity index (χ2n) is 6.29. The molecule has 1 atom stereocenters. The molecule has 1 aromatic heterocycles. The molecule has 1 aliphatic rings. The van der Waals surface area contributed by atoms with Gasteiger partial charge in [0.15, 0.2) is 11.5 Å². The maximum atomic E-state index is 12.6. The molecule has 2 heterocycles. The van der Waals surface area contributed by atoms with Gasteiger partial charge in [0.2, 0.25) is 5.91 Å². The van der Waals surface area contributed by atoms with Gasteiger partial charge in [-0.15, -0.1) is 11.3 Å². The third-order valence-corrected chi connectivity index (χ3v) is 5.71. The fourth-order valence-electron chi connectivity index (χ4n) is 3.23. The van der Waals surface area contributed by atoms with Gasteiger partial charge in [0.05, 0.1) is 23.7 Å². The van der Waals surface area contributed by atoms with Crippen LogP contribution in [0.5, 0.6) is 11.5 Å². The summed E-state index contributed by atoms with van der Waals surface area (Å²) in [5.41, 5.74) is 0.797. The van der Waals surface area contributed by atoms with Crippen LogP contribution in [0.4, 0.5) is 0 Å². The maximum Gasteiger partial charge on any atom is 0.246 e. The molecule has 7 heteroatoms. The third-order valence-electron chi connectivity index (χ3n) is 4.49. The molecule has 5 nitrogen and oxygen atoms in total. The normalized spacial score (nSPS) is 17.3. The standard InChI is InChI=1S/C20H23ClN2O3S/c1-3-26-17-12-14(11-16(21)19(17)25-2)6-7-18(24)23-9-4-5-15(13-23)20-22-8-10-27-20/h6-8,10-12,15H,3-5,9,13H2,1-2H3/b7-6+. The molecule has 0 bridgehead atoms. The highest BCUT2D eigenvalue weighted by molar-refractivity contribution is 7.09. The second-order valence-corrected chi connectivity index (χ2v) is 7.63. The Morgan fingerprint density at radius 2 is 2.33 bits per heavy atom. The Morgan fingerprint density at radius 3 is 3.04 bits per heavy atom. The first-order chi connectivity index (χ1) is 13.1. The van der Waals surface area contributed by atoms with Crippen molar-refractivity contribution in [1.29, 1.82) is 0 Å². The summed E-state index contributed by atoms with van der Waals surface area (Å²) in [7, 11) is 1.55. The Labute approximate surface area is 168 Å². The predicted octanol–water partition coefficient (Wildman–Crippen LogP) is 4.62. The fourth-order valence-corrected chi connectivity index (χ4v) is 4.30. The summed E-state index contributed by atoms with van der Waals surface area (Å²) in [6.45, 7) is 3.89. The number of hydrogen-bond acceptors (Lipinski definition) is 5. The van der Waals surface area contributed by atoms with E-state index >= 15 is 0 Å². The van der Waals surface area contributed by atoms with E-state index in [1.165, 1.54) is 0 Å². The Balaban J connectivity index is 1.70. The van der Waals surface area contributed by atoms with Crippen molar-refractivity contribution in [3.8, 4) is 11.5 Å². The lowest BCUT2D eigenvalue weighted by Gasteiger charge is -2.31. The first-order valence-corrected chi connectivity index (χ1v) is 10.2. The summed E-state index contributed by atoms with van der Waals surface area (Å²) < 4.78 is 10.9. The summed E-state index contributed by atoms with van der Waals surface area (Å²) in [5.74, 6) is 1.41. The minimum atomic E-state index is 0.00107. The molecule has 0 N–H and O–H groups in total. The zero-order valence-corrected chi connectivity index (χ0v) is 17.1. The zero-order chi connectivity index (χ0) is 19.2. The molecule has 1 amide bonds. The molecule has 144 valence electrons. The van der Waals surface area contributed by atoms with Crippen molar-refractivity contribution in [1.82, 2.24) is 9.88 Å². The minimum Gasteiger partial charge on any atom is -0.491 e. The Morgan fingerprint density at radius 1 is 1.48 bits per heavy atom. The van der Waals surface area contributed by atoms with Gasteiger partial charge in [-0.3, -0.25) is 4.79 Å². The number of likely N-dealkylation sites (tertiary alicyclic amines) is 1. The topological polar surface area (TPSA) is 51.7 Å². The van der Waals surface area contributed by atoms with Crippen molar-refractivity contribution in [3.63, 3.8) is 0 Å². The molecule has 1 fully saturated rings. The molecule has 0 aliphatic carbocycles. The van der Waals surface area contributed by atoms with E-state index in [1.54, 1.807) is 36.7 Å². The van der Waals surface area contributed by atoms with Gasteiger partial charge in [0, 0.05) is 36.7 Å². The molecule has 1 aromatic carbocycles. The first-order valence-electron chi connectivity index (χ1n) is 8.99. The van der Waals surface area contributed by atoms with E-state index < -0.39 is 0 Å². The van der Waals surface area contributed by atoms with Crippen molar-refractivity contribution in [2.24, 2.45) is 0 Å². The smallest absolute Gasteiger partial charge is 0.246 e. The number of carbonyl (C=O) groups excluding carboxylic acids is 1. The molecule has 0 spiro atoms. The summed E-state index contributed by atoms with van der Waals surface area (Å²) in [5, 5.41) is 3.55. The molecule has 0 saturated carbocycles. The van der Waals surface area contributed by atoms with Crippen LogP contribution >= 0.6 is 22.9 Å². The van der Waals surface area contributed by atoms with E-state index in [-0.39, 0.29) is 5.91 Å². The van der Waals surface area contributed by atoms with Gasteiger partial charge in [-0.2, -0.15) is 0 Å². The number of benzene rings is 1. The number of amides is 1. The number of carbonyl (C=O) groups is 1. The number of piperidine rings is 1. The number of aromatic nitrogens is 1. The van der Waals surface area contributed by atoms with Crippen molar-refractivity contribution in [2.45, 2.75) is 25.7 Å². The van der Waals surface area contributed by atoms with E-state index in [4.69, 9.17) is 21.1 Å². The van der Waals surface area contributed by atoms with Gasteiger partial charge in [0.25, 0.3) is 0 Å². The number of methoxy groups -OCH3 is 1. The van der Waals surface area contributed by atoms with E-state index in [1.807, 2.05) is 29.5 Å². The van der Waals surface area contributed by atoms with Crippen LogP contribution in [0.15, 0.2) is 29.8 Å². The van der Waals surface area contributed by atoms with Gasteiger partial charge in [-0.1, -0.05) is 11.6 Å². The predicted molar refractivity (Wildman–Crippen MR) is 109 cm³/mol. The van der Waals surface area contributed by atoms with Crippen LogP contribution in [0.3, 0.4) is 0 Å². The van der Waals surface area contributed by atoms with E-state index in [0.29, 0.717) is 35.6 Å². The van der Waals surface area contributed by atoms with Gasteiger partial charge in [-0.05, 0) is 43.5 Å². The average Bonchev–Trinajstić information content (AvgIpc) is 3.21. The summed E-state index contributed by atoms with van der Waals surface area (Å²) in [6.07, 6.45) is 7.25. The number of nitrogens with zero attached hydrogens (tertiary/aromatic N) is 2. The van der Waals surface area contributed by atoms with Crippen molar-refractivity contribution in [3.05, 3.63) is 45.4 Å². The zero-order valence-electron chi connectivity index (χ0n) is 15.5. The highest BCUT2D eigenvalue weighted by Gasteiger charge is 2.25. The summed E-state index contributed by atoms with van der Waals surface area (Å²) >= 11 is 7.93. The maximum absolute atomic E-state index is 12.6. The SMILES string of the molecule is CCOc1cc(/C=C/C(=O)N2CCCC(c3nccs3)C2)cc(Cl)c1OC.